The van der Waals surface area contributed by atoms with Gasteiger partial charge in [-0.1, -0.05) is 25.8 Å². The Labute approximate surface area is 135 Å². The fourth-order valence-corrected chi connectivity index (χ4v) is 2.13. The summed E-state index contributed by atoms with van der Waals surface area (Å²) in [6.07, 6.45) is 3.33. The lowest BCUT2D eigenvalue weighted by Crippen LogP contribution is -2.16. The van der Waals surface area contributed by atoms with Gasteiger partial charge in [-0.2, -0.15) is 0 Å². The summed E-state index contributed by atoms with van der Waals surface area (Å²) >= 11 is 0. The number of carbonyl (C=O) groups is 1. The molecule has 0 unspecified atom stereocenters. The summed E-state index contributed by atoms with van der Waals surface area (Å²) in [6.45, 7) is 4.68. The molecule has 0 aliphatic heterocycles. The van der Waals surface area contributed by atoms with E-state index >= 15 is 0 Å². The van der Waals surface area contributed by atoms with Gasteiger partial charge in [0, 0.05) is 18.3 Å². The molecule has 1 aromatic carbocycles. The summed E-state index contributed by atoms with van der Waals surface area (Å²) < 4.78 is 13.2. The predicted octanol–water partition coefficient (Wildman–Crippen LogP) is 3.78. The van der Waals surface area contributed by atoms with Crippen LogP contribution in [0.5, 0.6) is 0 Å². The Morgan fingerprint density at radius 3 is 2.78 bits per heavy atom. The summed E-state index contributed by atoms with van der Waals surface area (Å²) in [7, 11) is 0. The van der Waals surface area contributed by atoms with Crippen molar-refractivity contribution < 1.29 is 9.18 Å². The third-order valence-corrected chi connectivity index (χ3v) is 3.24. The van der Waals surface area contributed by atoms with Gasteiger partial charge in [-0.25, -0.2) is 14.4 Å². The molecule has 0 bridgehead atoms. The molecule has 0 atom stereocenters. The maximum atomic E-state index is 13.2. The smallest absolute Gasteiger partial charge is 0.274 e. The third kappa shape index (κ3) is 5.32. The maximum absolute atomic E-state index is 13.2. The van der Waals surface area contributed by atoms with Crippen molar-refractivity contribution in [3.63, 3.8) is 0 Å². The van der Waals surface area contributed by atoms with E-state index in [0.29, 0.717) is 17.3 Å². The van der Waals surface area contributed by atoms with E-state index in [2.05, 4.69) is 27.5 Å². The van der Waals surface area contributed by atoms with Crippen LogP contribution in [0.2, 0.25) is 0 Å². The van der Waals surface area contributed by atoms with Crippen LogP contribution in [-0.4, -0.2) is 22.4 Å². The molecule has 0 saturated carbocycles. The van der Waals surface area contributed by atoms with E-state index < -0.39 is 11.7 Å². The van der Waals surface area contributed by atoms with Gasteiger partial charge in [0.15, 0.2) is 0 Å². The quantitative estimate of drug-likeness (QED) is 0.763. The number of aryl methyl sites for hydroxylation is 1. The van der Waals surface area contributed by atoms with Crippen LogP contribution >= 0.6 is 0 Å². The number of rotatable bonds is 7. The number of anilines is 2. The number of halogens is 1. The van der Waals surface area contributed by atoms with Gasteiger partial charge in [0.25, 0.3) is 5.91 Å². The Hall–Kier alpha value is -2.50. The van der Waals surface area contributed by atoms with Crippen molar-refractivity contribution >= 4 is 17.4 Å². The number of benzene rings is 1. The molecule has 6 heteroatoms. The molecule has 0 saturated heterocycles. The van der Waals surface area contributed by atoms with Crippen molar-refractivity contribution in [1.29, 1.82) is 0 Å². The Morgan fingerprint density at radius 1 is 1.22 bits per heavy atom. The highest BCUT2D eigenvalue weighted by atomic mass is 19.1. The lowest BCUT2D eigenvalue weighted by molar-refractivity contribution is 0.102. The van der Waals surface area contributed by atoms with E-state index in [0.717, 1.165) is 25.8 Å². The fraction of sp³-hybridized carbons (Fsp3) is 0.353. The van der Waals surface area contributed by atoms with Crippen LogP contribution in [-0.2, 0) is 0 Å². The van der Waals surface area contributed by atoms with Crippen LogP contribution < -0.4 is 10.6 Å². The van der Waals surface area contributed by atoms with Crippen LogP contribution in [0.3, 0.4) is 0 Å². The zero-order chi connectivity index (χ0) is 16.7. The van der Waals surface area contributed by atoms with E-state index in [9.17, 15) is 9.18 Å². The van der Waals surface area contributed by atoms with E-state index in [1.807, 2.05) is 0 Å². The molecular formula is C17H21FN4O. The van der Waals surface area contributed by atoms with E-state index in [4.69, 9.17) is 0 Å². The van der Waals surface area contributed by atoms with Crippen LogP contribution in [0, 0.1) is 12.7 Å². The molecule has 1 aromatic heterocycles. The van der Waals surface area contributed by atoms with Gasteiger partial charge in [0.1, 0.15) is 23.2 Å². The van der Waals surface area contributed by atoms with Crippen molar-refractivity contribution in [3.05, 3.63) is 47.7 Å². The molecule has 5 nitrogen and oxygen atoms in total. The van der Waals surface area contributed by atoms with E-state index in [1.165, 1.54) is 18.2 Å². The molecule has 122 valence electrons. The van der Waals surface area contributed by atoms with Crippen LogP contribution in [0.25, 0.3) is 0 Å². The number of hydrogen-bond acceptors (Lipinski definition) is 4. The van der Waals surface area contributed by atoms with Gasteiger partial charge in [-0.3, -0.25) is 4.79 Å². The van der Waals surface area contributed by atoms with Crippen LogP contribution in [0.1, 0.15) is 42.5 Å². The van der Waals surface area contributed by atoms with Crippen molar-refractivity contribution in [2.24, 2.45) is 0 Å². The van der Waals surface area contributed by atoms with Gasteiger partial charge < -0.3 is 10.6 Å². The highest BCUT2D eigenvalue weighted by molar-refractivity contribution is 6.03. The molecule has 1 heterocycles. The molecule has 2 rings (SSSR count). The van der Waals surface area contributed by atoms with Crippen molar-refractivity contribution in [2.45, 2.75) is 33.1 Å². The first-order valence-corrected chi connectivity index (χ1v) is 7.75. The SMILES string of the molecule is CCCCCNc1cc(C(=O)Nc2cccc(F)c2)nc(C)n1. The van der Waals surface area contributed by atoms with Crippen LogP contribution in [0.4, 0.5) is 15.9 Å². The van der Waals surface area contributed by atoms with Gasteiger partial charge >= 0.3 is 0 Å². The molecule has 0 radical (unpaired) electrons. The number of unbranched alkanes of at least 4 members (excludes halogenated alkanes) is 2. The highest BCUT2D eigenvalue weighted by Gasteiger charge is 2.11. The Bertz CT molecular complexity index is 675. The van der Waals surface area contributed by atoms with Gasteiger partial charge in [-0.15, -0.1) is 0 Å². The lowest BCUT2D eigenvalue weighted by Gasteiger charge is -2.09. The summed E-state index contributed by atoms with van der Waals surface area (Å²) in [5, 5.41) is 5.83. The minimum atomic E-state index is -0.403. The molecule has 0 aliphatic rings. The first-order chi connectivity index (χ1) is 11.1. The number of aromatic nitrogens is 2. The first kappa shape index (κ1) is 16.9. The second-order valence-corrected chi connectivity index (χ2v) is 5.28. The summed E-state index contributed by atoms with van der Waals surface area (Å²) in [4.78, 5) is 20.7. The van der Waals surface area contributed by atoms with Gasteiger partial charge in [-0.05, 0) is 31.5 Å². The Balaban J connectivity index is 2.06. The van der Waals surface area contributed by atoms with Crippen molar-refractivity contribution in [1.82, 2.24) is 9.97 Å². The molecular weight excluding hydrogens is 295 g/mol. The monoisotopic (exact) mass is 316 g/mol. The predicted molar refractivity (Wildman–Crippen MR) is 89.1 cm³/mol. The largest absolute Gasteiger partial charge is 0.370 e. The molecule has 1 amide bonds. The average Bonchev–Trinajstić information content (AvgIpc) is 2.51. The van der Waals surface area contributed by atoms with Crippen molar-refractivity contribution in [3.8, 4) is 0 Å². The number of hydrogen-bond donors (Lipinski definition) is 2. The number of carbonyl (C=O) groups excluding carboxylic acids is 1. The Morgan fingerprint density at radius 2 is 2.04 bits per heavy atom. The third-order valence-electron chi connectivity index (χ3n) is 3.24. The lowest BCUT2D eigenvalue weighted by atomic mass is 10.2. The zero-order valence-electron chi connectivity index (χ0n) is 13.4. The van der Waals surface area contributed by atoms with Crippen LogP contribution in [0.15, 0.2) is 30.3 Å². The molecule has 23 heavy (non-hydrogen) atoms. The second-order valence-electron chi connectivity index (χ2n) is 5.28. The normalized spacial score (nSPS) is 10.4. The minimum absolute atomic E-state index is 0.250. The molecule has 2 aromatic rings. The molecule has 2 N–H and O–H groups in total. The fourth-order valence-electron chi connectivity index (χ4n) is 2.13. The summed E-state index contributed by atoms with van der Waals surface area (Å²) in [6, 6.07) is 7.35. The summed E-state index contributed by atoms with van der Waals surface area (Å²) in [5.41, 5.74) is 0.642. The Kier molecular flexibility index (Phi) is 6.02. The first-order valence-electron chi connectivity index (χ1n) is 7.75. The van der Waals surface area contributed by atoms with Gasteiger partial charge in [0.05, 0.1) is 0 Å². The molecule has 0 aliphatic carbocycles. The van der Waals surface area contributed by atoms with Gasteiger partial charge in [0.2, 0.25) is 0 Å². The molecule has 0 spiro atoms. The van der Waals surface area contributed by atoms with E-state index in [-0.39, 0.29) is 5.69 Å². The topological polar surface area (TPSA) is 66.9 Å². The molecule has 0 fully saturated rings. The zero-order valence-corrected chi connectivity index (χ0v) is 13.4. The average molecular weight is 316 g/mol. The summed E-state index contributed by atoms with van der Waals surface area (Å²) in [5.74, 6) is 0.338. The standard InChI is InChI=1S/C17H21FN4O/c1-3-4-5-9-19-16-11-15(20-12(2)21-16)17(23)22-14-8-6-7-13(18)10-14/h6-8,10-11H,3-5,9H2,1-2H3,(H,22,23)(H,19,20,21). The number of amides is 1. The maximum Gasteiger partial charge on any atom is 0.274 e. The van der Waals surface area contributed by atoms with E-state index in [1.54, 1.807) is 19.1 Å². The minimum Gasteiger partial charge on any atom is -0.370 e. The van der Waals surface area contributed by atoms with Crippen molar-refractivity contribution in [2.75, 3.05) is 17.2 Å². The highest BCUT2D eigenvalue weighted by Crippen LogP contribution is 2.12. The number of nitrogens with one attached hydrogen (secondary N) is 2. The second kappa shape index (κ2) is 8.22. The number of nitrogens with zero attached hydrogens (tertiary/aromatic N) is 2.